The number of furan rings is 1. The molecule has 0 bridgehead atoms. The van der Waals surface area contributed by atoms with Crippen molar-refractivity contribution in [3.05, 3.63) is 53.5 Å². The summed E-state index contributed by atoms with van der Waals surface area (Å²) in [4.78, 5) is 34.9. The van der Waals surface area contributed by atoms with Crippen molar-refractivity contribution in [2.24, 2.45) is 11.8 Å². The Morgan fingerprint density at radius 2 is 2.00 bits per heavy atom. The van der Waals surface area contributed by atoms with E-state index in [4.69, 9.17) is 9.52 Å². The third-order valence-electron chi connectivity index (χ3n) is 4.13. The summed E-state index contributed by atoms with van der Waals surface area (Å²) in [6.45, 7) is 2.10. The van der Waals surface area contributed by atoms with Crippen LogP contribution in [0.1, 0.15) is 40.0 Å². The van der Waals surface area contributed by atoms with Gasteiger partial charge in [-0.15, -0.1) is 0 Å². The Hall–Kier alpha value is -3.09. The molecule has 1 aromatic carbocycles. The fraction of sp³-hybridized carbons (Fsp3) is 0.278. The van der Waals surface area contributed by atoms with Crippen LogP contribution in [-0.2, 0) is 11.3 Å². The second kappa shape index (κ2) is 6.80. The van der Waals surface area contributed by atoms with Gasteiger partial charge in [0.2, 0.25) is 11.7 Å². The van der Waals surface area contributed by atoms with Crippen LogP contribution in [0.25, 0.3) is 0 Å². The van der Waals surface area contributed by atoms with Crippen molar-refractivity contribution in [1.29, 1.82) is 0 Å². The van der Waals surface area contributed by atoms with Gasteiger partial charge in [0.25, 0.3) is 5.91 Å². The van der Waals surface area contributed by atoms with E-state index >= 15 is 0 Å². The van der Waals surface area contributed by atoms with Crippen LogP contribution >= 0.6 is 0 Å². The van der Waals surface area contributed by atoms with Gasteiger partial charge >= 0.3 is 5.97 Å². The van der Waals surface area contributed by atoms with E-state index in [1.54, 1.807) is 24.3 Å². The minimum Gasteiger partial charge on any atom is -0.475 e. The van der Waals surface area contributed by atoms with Crippen LogP contribution in [0.5, 0.6) is 0 Å². The van der Waals surface area contributed by atoms with Crippen molar-refractivity contribution in [3.8, 4) is 0 Å². The van der Waals surface area contributed by atoms with Crippen LogP contribution in [0.4, 0.5) is 5.69 Å². The van der Waals surface area contributed by atoms with Crippen LogP contribution in [0.3, 0.4) is 0 Å². The maximum atomic E-state index is 12.2. The molecule has 0 saturated heterocycles. The molecule has 130 valence electrons. The molecule has 2 atom stereocenters. The lowest BCUT2D eigenvalue weighted by molar-refractivity contribution is -0.117. The number of carboxylic acid groups (broad SMARTS) is 1. The van der Waals surface area contributed by atoms with E-state index in [1.807, 2.05) is 6.92 Å². The van der Waals surface area contributed by atoms with Gasteiger partial charge in [0.1, 0.15) is 5.76 Å². The van der Waals surface area contributed by atoms with Crippen LogP contribution in [0, 0.1) is 11.8 Å². The second-order valence-corrected chi connectivity index (χ2v) is 6.14. The Morgan fingerprint density at radius 1 is 1.24 bits per heavy atom. The standard InChI is InChI=1S/C18H18N2O5/c1-10-7-14(10)17(22)20-12-4-2-3-11(8-12)16(21)19-9-13-5-6-15(25-13)18(23)24/h2-6,8,10,14H,7,9H2,1H3,(H,19,21)(H,20,22)(H,23,24). The van der Waals surface area contributed by atoms with Gasteiger partial charge in [-0.1, -0.05) is 13.0 Å². The first-order chi connectivity index (χ1) is 11.9. The van der Waals surface area contributed by atoms with E-state index in [2.05, 4.69) is 10.6 Å². The number of hydrogen-bond acceptors (Lipinski definition) is 4. The van der Waals surface area contributed by atoms with Gasteiger partial charge in [0.05, 0.1) is 6.54 Å². The first-order valence-corrected chi connectivity index (χ1v) is 7.95. The molecular weight excluding hydrogens is 324 g/mol. The lowest BCUT2D eigenvalue weighted by atomic mass is 10.2. The number of aromatic carboxylic acids is 1. The van der Waals surface area contributed by atoms with Crippen molar-refractivity contribution >= 4 is 23.5 Å². The maximum Gasteiger partial charge on any atom is 0.371 e. The Labute approximate surface area is 144 Å². The van der Waals surface area contributed by atoms with Gasteiger partial charge < -0.3 is 20.2 Å². The Morgan fingerprint density at radius 3 is 2.64 bits per heavy atom. The summed E-state index contributed by atoms with van der Waals surface area (Å²) in [5, 5.41) is 14.3. The molecule has 1 fully saturated rings. The summed E-state index contributed by atoms with van der Waals surface area (Å²) in [7, 11) is 0. The van der Waals surface area contributed by atoms with Crippen LogP contribution in [0.2, 0.25) is 0 Å². The van der Waals surface area contributed by atoms with E-state index in [9.17, 15) is 14.4 Å². The van der Waals surface area contributed by atoms with Gasteiger partial charge in [-0.2, -0.15) is 0 Å². The summed E-state index contributed by atoms with van der Waals surface area (Å²) in [5.74, 6) is -0.895. The lowest BCUT2D eigenvalue weighted by Crippen LogP contribution is -2.23. The molecule has 2 amide bonds. The monoisotopic (exact) mass is 342 g/mol. The number of carbonyl (C=O) groups excluding carboxylic acids is 2. The number of nitrogens with one attached hydrogen (secondary N) is 2. The number of carboxylic acids is 1. The predicted molar refractivity (Wildman–Crippen MR) is 89.2 cm³/mol. The number of amides is 2. The summed E-state index contributed by atoms with van der Waals surface area (Å²) >= 11 is 0. The molecule has 25 heavy (non-hydrogen) atoms. The number of hydrogen-bond donors (Lipinski definition) is 3. The molecule has 2 aromatic rings. The minimum absolute atomic E-state index is 0.0261. The van der Waals surface area contributed by atoms with E-state index in [1.165, 1.54) is 12.1 Å². The highest BCUT2D eigenvalue weighted by atomic mass is 16.4. The topological polar surface area (TPSA) is 109 Å². The highest BCUT2D eigenvalue weighted by Gasteiger charge is 2.39. The van der Waals surface area contributed by atoms with Crippen molar-refractivity contribution in [2.75, 3.05) is 5.32 Å². The van der Waals surface area contributed by atoms with Crippen molar-refractivity contribution in [2.45, 2.75) is 19.9 Å². The lowest BCUT2D eigenvalue weighted by Gasteiger charge is -2.07. The summed E-state index contributed by atoms with van der Waals surface area (Å²) in [6.07, 6.45) is 0.896. The molecule has 1 heterocycles. The van der Waals surface area contributed by atoms with Crippen molar-refractivity contribution in [1.82, 2.24) is 5.32 Å². The first kappa shape index (κ1) is 16.8. The van der Waals surface area contributed by atoms with Gasteiger partial charge in [-0.25, -0.2) is 4.79 Å². The van der Waals surface area contributed by atoms with E-state index in [0.29, 0.717) is 22.9 Å². The molecule has 3 N–H and O–H groups in total. The molecule has 0 aliphatic heterocycles. The fourth-order valence-electron chi connectivity index (χ4n) is 2.52. The highest BCUT2D eigenvalue weighted by molar-refractivity contribution is 5.98. The zero-order valence-corrected chi connectivity index (χ0v) is 13.6. The molecule has 1 aliphatic rings. The van der Waals surface area contributed by atoms with Crippen molar-refractivity contribution in [3.63, 3.8) is 0 Å². The quantitative estimate of drug-likeness (QED) is 0.747. The predicted octanol–water partition coefficient (Wildman–Crippen LogP) is 2.50. The molecule has 7 heteroatoms. The molecule has 7 nitrogen and oxygen atoms in total. The molecule has 1 aromatic heterocycles. The zero-order valence-electron chi connectivity index (χ0n) is 13.6. The van der Waals surface area contributed by atoms with Crippen LogP contribution in [-0.4, -0.2) is 22.9 Å². The minimum atomic E-state index is -1.16. The molecule has 0 radical (unpaired) electrons. The van der Waals surface area contributed by atoms with Crippen LogP contribution in [0.15, 0.2) is 40.8 Å². The largest absolute Gasteiger partial charge is 0.475 e. The Kier molecular flexibility index (Phi) is 4.56. The molecule has 1 aliphatic carbocycles. The molecule has 2 unspecified atom stereocenters. The molecule has 0 spiro atoms. The van der Waals surface area contributed by atoms with Gasteiger partial charge in [-0.05, 0) is 42.7 Å². The van der Waals surface area contributed by atoms with E-state index in [-0.39, 0.29) is 30.0 Å². The zero-order chi connectivity index (χ0) is 18.0. The summed E-state index contributed by atoms with van der Waals surface area (Å²) in [5.41, 5.74) is 0.967. The number of rotatable bonds is 6. The summed E-state index contributed by atoms with van der Waals surface area (Å²) in [6, 6.07) is 9.49. The third-order valence-corrected chi connectivity index (χ3v) is 4.13. The smallest absolute Gasteiger partial charge is 0.371 e. The summed E-state index contributed by atoms with van der Waals surface area (Å²) < 4.78 is 5.08. The van der Waals surface area contributed by atoms with E-state index < -0.39 is 5.97 Å². The Bertz CT molecular complexity index is 826. The molecule has 3 rings (SSSR count). The van der Waals surface area contributed by atoms with Gasteiger partial charge in [0, 0.05) is 17.2 Å². The fourth-order valence-corrected chi connectivity index (χ4v) is 2.52. The van der Waals surface area contributed by atoms with E-state index in [0.717, 1.165) is 6.42 Å². The van der Waals surface area contributed by atoms with Crippen molar-refractivity contribution < 1.29 is 23.9 Å². The number of carbonyl (C=O) groups is 3. The van der Waals surface area contributed by atoms with Crippen LogP contribution < -0.4 is 10.6 Å². The second-order valence-electron chi connectivity index (χ2n) is 6.14. The maximum absolute atomic E-state index is 12.2. The first-order valence-electron chi connectivity index (χ1n) is 7.95. The van der Waals surface area contributed by atoms with Gasteiger partial charge in [-0.3, -0.25) is 9.59 Å². The number of anilines is 1. The molecular formula is C18H18N2O5. The SMILES string of the molecule is CC1CC1C(=O)Nc1cccc(C(=O)NCc2ccc(C(=O)O)o2)c1. The van der Waals surface area contributed by atoms with Gasteiger partial charge in [0.15, 0.2) is 0 Å². The average Bonchev–Trinajstić information content (AvgIpc) is 3.13. The molecule has 1 saturated carbocycles. The Balaban J connectivity index is 1.58. The highest BCUT2D eigenvalue weighted by Crippen LogP contribution is 2.38. The normalized spacial score (nSPS) is 18.4. The number of benzene rings is 1. The third kappa shape index (κ3) is 4.06. The average molecular weight is 342 g/mol.